The van der Waals surface area contributed by atoms with Gasteiger partial charge in [-0.3, -0.25) is 0 Å². The molecule has 0 amide bonds. The van der Waals surface area contributed by atoms with Crippen molar-refractivity contribution < 1.29 is 0 Å². The first-order valence-corrected chi connectivity index (χ1v) is 12.2. The van der Waals surface area contributed by atoms with Crippen molar-refractivity contribution in [2.24, 2.45) is 0 Å². The molecule has 1 aromatic carbocycles. The molecule has 0 aliphatic heterocycles. The van der Waals surface area contributed by atoms with E-state index in [2.05, 4.69) is 61.1 Å². The molecule has 0 bridgehead atoms. The summed E-state index contributed by atoms with van der Waals surface area (Å²) in [6.07, 6.45) is 6.90. The van der Waals surface area contributed by atoms with Crippen molar-refractivity contribution in [3.8, 4) is 0 Å². The summed E-state index contributed by atoms with van der Waals surface area (Å²) in [5.74, 6) is 0. The zero-order chi connectivity index (χ0) is 13.7. The summed E-state index contributed by atoms with van der Waals surface area (Å²) < 4.78 is 0. The maximum Gasteiger partial charge on any atom is 0.0693 e. The number of hydrogen-bond donors (Lipinski definition) is 0. The first kappa shape index (κ1) is 14.8. The Morgan fingerprint density at radius 3 is 2.16 bits per heavy atom. The van der Waals surface area contributed by atoms with E-state index in [-0.39, 0.29) is 10.5 Å². The molecule has 1 saturated carbocycles. The summed E-state index contributed by atoms with van der Waals surface area (Å²) in [7, 11) is -0.853. The molecule has 1 fully saturated rings. The lowest BCUT2D eigenvalue weighted by molar-refractivity contribution is 0.675. The van der Waals surface area contributed by atoms with Gasteiger partial charge < -0.3 is 0 Å². The van der Waals surface area contributed by atoms with Gasteiger partial charge >= 0.3 is 0 Å². The van der Waals surface area contributed by atoms with Gasteiger partial charge in [0.15, 0.2) is 0 Å². The standard InChI is InChI=1S/C17H26SSi/c1-19(2,3)15-14-18(16-10-6-4-7-11-16)17-12-8-5-9-13-17/h4,6-7,10-11,14-15H,5,8-9,12-13H2,1-3H3. The smallest absolute Gasteiger partial charge is 0.0693 e. The van der Waals surface area contributed by atoms with Gasteiger partial charge in [-0.1, -0.05) is 50.0 Å². The van der Waals surface area contributed by atoms with Crippen LogP contribution in [-0.2, 0) is 0 Å². The molecule has 1 atom stereocenters. The summed E-state index contributed by atoms with van der Waals surface area (Å²) in [4.78, 5) is 3.29. The van der Waals surface area contributed by atoms with E-state index in [1.54, 1.807) is 4.86 Å². The Kier molecular flexibility index (Phi) is 5.23. The van der Waals surface area contributed by atoms with Crippen LogP contribution in [-0.4, -0.2) is 12.9 Å². The van der Waals surface area contributed by atoms with Crippen LogP contribution in [0.1, 0.15) is 32.1 Å². The minimum absolute atomic E-state index is 0.250. The van der Waals surface area contributed by atoms with Crippen LogP contribution in [0.4, 0.5) is 0 Å². The first-order chi connectivity index (χ1) is 9.06. The van der Waals surface area contributed by atoms with Gasteiger partial charge in [0.25, 0.3) is 0 Å². The third-order valence-electron chi connectivity index (χ3n) is 3.42. The Bertz CT molecular complexity index is 458. The van der Waals surface area contributed by atoms with Crippen LogP contribution in [0.15, 0.2) is 46.3 Å². The second-order valence-corrected chi connectivity index (χ2v) is 13.5. The molecule has 0 nitrogen and oxygen atoms in total. The molecule has 0 spiro atoms. The molecule has 2 heteroatoms. The molecule has 19 heavy (non-hydrogen) atoms. The highest BCUT2D eigenvalue weighted by Crippen LogP contribution is 2.35. The molecule has 104 valence electrons. The third kappa shape index (κ3) is 4.77. The molecule has 0 heterocycles. The van der Waals surface area contributed by atoms with Crippen LogP contribution in [0.5, 0.6) is 0 Å². The fourth-order valence-corrected chi connectivity index (χ4v) is 6.39. The first-order valence-electron chi connectivity index (χ1n) is 7.38. The Labute approximate surface area is 121 Å². The Morgan fingerprint density at radius 1 is 0.947 bits per heavy atom. The molecule has 1 unspecified atom stereocenters. The molecule has 0 N–H and O–H groups in total. The Morgan fingerprint density at radius 2 is 1.58 bits per heavy atom. The highest BCUT2D eigenvalue weighted by Gasteiger charge is 2.12. The summed E-state index contributed by atoms with van der Waals surface area (Å²) in [6.45, 7) is 7.25. The van der Waals surface area contributed by atoms with Crippen molar-refractivity contribution in [2.75, 3.05) is 0 Å². The van der Waals surface area contributed by atoms with Crippen LogP contribution in [0.25, 0.3) is 0 Å². The van der Waals surface area contributed by atoms with Gasteiger partial charge in [0.2, 0.25) is 0 Å². The lowest BCUT2D eigenvalue weighted by atomic mass is 10.0. The number of hydrogen-bond acceptors (Lipinski definition) is 0. The van der Waals surface area contributed by atoms with E-state index in [0.29, 0.717) is 0 Å². The van der Waals surface area contributed by atoms with Crippen LogP contribution in [0.3, 0.4) is 0 Å². The molecule has 0 aromatic heterocycles. The van der Waals surface area contributed by atoms with Crippen LogP contribution < -0.4 is 0 Å². The summed E-state index contributed by atoms with van der Waals surface area (Å²) in [5, 5.41) is 2.53. The lowest BCUT2D eigenvalue weighted by Gasteiger charge is -2.19. The van der Waals surface area contributed by atoms with E-state index in [9.17, 15) is 0 Å². The second kappa shape index (κ2) is 6.71. The van der Waals surface area contributed by atoms with Crippen molar-refractivity contribution in [2.45, 2.75) is 56.6 Å². The predicted octanol–water partition coefficient (Wildman–Crippen LogP) is 5.84. The maximum atomic E-state index is 2.53. The lowest BCUT2D eigenvalue weighted by Crippen LogP contribution is -2.15. The van der Waals surface area contributed by atoms with Crippen LogP contribution in [0, 0.1) is 0 Å². The minimum Gasteiger partial charge on any atom is -0.132 e. The van der Waals surface area contributed by atoms with Gasteiger partial charge in [0, 0.05) is 4.90 Å². The summed E-state index contributed by atoms with van der Waals surface area (Å²) in [6, 6.07) is 11.1. The maximum absolute atomic E-state index is 2.53. The van der Waals surface area contributed by atoms with Crippen LogP contribution in [0.2, 0.25) is 19.6 Å². The normalized spacial score (nSPS) is 18.8. The van der Waals surface area contributed by atoms with Gasteiger partial charge in [0.05, 0.1) is 8.07 Å². The highest BCUT2D eigenvalue weighted by atomic mass is 32.2. The van der Waals surface area contributed by atoms with Gasteiger partial charge in [-0.2, -0.15) is 0 Å². The SMILES string of the molecule is C[Si](C)(C)C=CS(=C1CCCCC1)c1ccccc1. The fourth-order valence-electron chi connectivity index (χ4n) is 2.35. The van der Waals surface area contributed by atoms with Crippen molar-refractivity contribution in [1.82, 2.24) is 0 Å². The van der Waals surface area contributed by atoms with E-state index in [1.807, 2.05) is 0 Å². The second-order valence-electron chi connectivity index (χ2n) is 6.42. The third-order valence-corrected chi connectivity index (χ3v) is 7.05. The predicted molar refractivity (Wildman–Crippen MR) is 92.9 cm³/mol. The van der Waals surface area contributed by atoms with Crippen molar-refractivity contribution in [1.29, 1.82) is 0 Å². The van der Waals surface area contributed by atoms with Gasteiger partial charge in [-0.15, -0.1) is 10.5 Å². The van der Waals surface area contributed by atoms with E-state index in [0.717, 1.165) is 0 Å². The Balaban J connectivity index is 2.36. The average Bonchev–Trinajstić information content (AvgIpc) is 2.40. The van der Waals surface area contributed by atoms with Gasteiger partial charge in [0.1, 0.15) is 0 Å². The monoisotopic (exact) mass is 290 g/mol. The minimum atomic E-state index is -1.10. The molecule has 0 radical (unpaired) electrons. The van der Waals surface area contributed by atoms with Crippen LogP contribution >= 0.6 is 10.5 Å². The molecular formula is C17H26SSi. The number of benzene rings is 1. The quantitative estimate of drug-likeness (QED) is 0.484. The van der Waals surface area contributed by atoms with Crippen molar-refractivity contribution >= 4 is 23.4 Å². The molecule has 0 saturated heterocycles. The van der Waals surface area contributed by atoms with Crippen molar-refractivity contribution in [3.05, 3.63) is 41.4 Å². The summed E-state index contributed by atoms with van der Waals surface area (Å²) in [5.41, 5.74) is 2.53. The molecule has 1 aromatic rings. The van der Waals surface area contributed by atoms with E-state index in [1.165, 1.54) is 37.0 Å². The molecule has 2 rings (SSSR count). The van der Waals surface area contributed by atoms with E-state index < -0.39 is 8.07 Å². The zero-order valence-electron chi connectivity index (χ0n) is 12.5. The zero-order valence-corrected chi connectivity index (χ0v) is 14.3. The largest absolute Gasteiger partial charge is 0.132 e. The van der Waals surface area contributed by atoms with E-state index >= 15 is 0 Å². The topological polar surface area (TPSA) is 0 Å². The fraction of sp³-hybridized carbons (Fsp3) is 0.471. The Hall–Kier alpha value is -0.603. The van der Waals surface area contributed by atoms with Gasteiger partial charge in [-0.05, 0) is 48.1 Å². The molecular weight excluding hydrogens is 264 g/mol. The summed E-state index contributed by atoms with van der Waals surface area (Å²) >= 11 is 0. The average molecular weight is 291 g/mol. The van der Waals surface area contributed by atoms with Crippen molar-refractivity contribution in [3.63, 3.8) is 0 Å². The highest BCUT2D eigenvalue weighted by molar-refractivity contribution is 8.18. The number of rotatable bonds is 3. The van der Waals surface area contributed by atoms with E-state index in [4.69, 9.17) is 0 Å². The molecule has 1 aliphatic rings. The molecule has 1 aliphatic carbocycles. The van der Waals surface area contributed by atoms with Gasteiger partial charge in [-0.25, -0.2) is 0 Å².